The highest BCUT2D eigenvalue weighted by Gasteiger charge is 2.38. The van der Waals surface area contributed by atoms with Gasteiger partial charge < -0.3 is 5.32 Å². The number of halogens is 6. The lowest BCUT2D eigenvalue weighted by Gasteiger charge is -2.31. The normalized spacial score (nSPS) is 21.4. The standard InChI is InChI=1S/C28H24F6N5P/c1-16-10-17(2)14-40(13-16)15-24-38-22-11-18(25-21(27(29,30)31)4-3-9-35-25)5-7-20(22)26(39-24)37-19-6-8-23(36-12-19)28(32,33)34/h5-9,11-12,16-17H,10,13-15H2,1-2H3,(H,37,38,39). The summed E-state index contributed by atoms with van der Waals surface area (Å²) >= 11 is 0. The van der Waals surface area contributed by atoms with E-state index in [1.54, 1.807) is 6.07 Å². The second-order valence-electron chi connectivity index (χ2n) is 10.2. The zero-order chi connectivity index (χ0) is 28.7. The van der Waals surface area contributed by atoms with E-state index in [9.17, 15) is 26.3 Å². The predicted octanol–water partition coefficient (Wildman–Crippen LogP) is 8.00. The van der Waals surface area contributed by atoms with Crippen LogP contribution < -0.4 is 5.32 Å². The Balaban J connectivity index is 1.55. The van der Waals surface area contributed by atoms with Crippen molar-refractivity contribution >= 4 is 36.0 Å². The summed E-state index contributed by atoms with van der Waals surface area (Å²) in [5.41, 5.74) is 2.88. The highest BCUT2D eigenvalue weighted by molar-refractivity contribution is 7.56. The Kier molecular flexibility index (Phi) is 7.58. The van der Waals surface area contributed by atoms with Crippen LogP contribution in [-0.2, 0) is 12.3 Å². The van der Waals surface area contributed by atoms with Crippen molar-refractivity contribution in [2.45, 2.75) is 38.8 Å². The number of benzene rings is 1. The molecule has 2 aromatic heterocycles. The number of aromatic nitrogens is 3. The Morgan fingerprint density at radius 3 is 2.38 bits per heavy atom. The molecule has 1 fully saturated rings. The molecule has 0 aliphatic carbocycles. The van der Waals surface area contributed by atoms with Crippen LogP contribution in [0, 0.1) is 11.8 Å². The van der Waals surface area contributed by atoms with E-state index in [0.717, 1.165) is 37.2 Å². The summed E-state index contributed by atoms with van der Waals surface area (Å²) in [5.74, 6) is 2.01. The number of pyridine rings is 1. The van der Waals surface area contributed by atoms with E-state index in [0.29, 0.717) is 40.5 Å². The molecule has 40 heavy (non-hydrogen) atoms. The van der Waals surface area contributed by atoms with Gasteiger partial charge in [-0.05, 0) is 60.6 Å². The lowest BCUT2D eigenvalue weighted by atomic mass is 10.00. The number of fused-ring (bicyclic) bond motifs is 1. The van der Waals surface area contributed by atoms with Crippen LogP contribution >= 0.6 is 7.92 Å². The molecule has 1 saturated heterocycles. The lowest BCUT2D eigenvalue weighted by molar-refractivity contribution is -0.141. The Hall–Kier alpha value is -3.51. The zero-order valence-corrected chi connectivity index (χ0v) is 22.4. The van der Waals surface area contributed by atoms with Crippen LogP contribution in [0.5, 0.6) is 0 Å². The topological polar surface area (TPSA) is 63.1 Å². The Bertz CT molecular complexity index is 1560. The number of hydrogen-bond acceptors (Lipinski definition) is 5. The summed E-state index contributed by atoms with van der Waals surface area (Å²) in [4.78, 5) is 16.8. The molecule has 2 aliphatic heterocycles. The minimum Gasteiger partial charge on any atom is -0.338 e. The first kappa shape index (κ1) is 28.0. The van der Waals surface area contributed by atoms with Gasteiger partial charge in [-0.3, -0.25) is 0 Å². The van der Waals surface area contributed by atoms with Crippen LogP contribution in [0.3, 0.4) is 0 Å². The number of alkyl halides is 6. The molecule has 4 heterocycles. The van der Waals surface area contributed by atoms with Gasteiger partial charge in [-0.25, -0.2) is 19.9 Å². The van der Waals surface area contributed by atoms with E-state index in [1.807, 2.05) is 0 Å². The van der Waals surface area contributed by atoms with Crippen molar-refractivity contribution in [3.8, 4) is 0 Å². The molecule has 12 heteroatoms. The summed E-state index contributed by atoms with van der Waals surface area (Å²) in [6, 6.07) is 6.68. The average molecular weight is 575 g/mol. The van der Waals surface area contributed by atoms with Gasteiger partial charge in [0.25, 0.3) is 0 Å². The largest absolute Gasteiger partial charge is 0.433 e. The van der Waals surface area contributed by atoms with E-state index in [-0.39, 0.29) is 17.0 Å². The Morgan fingerprint density at radius 2 is 1.73 bits per heavy atom. The van der Waals surface area contributed by atoms with E-state index in [1.165, 1.54) is 18.2 Å². The van der Waals surface area contributed by atoms with Gasteiger partial charge in [0.1, 0.15) is 22.9 Å². The van der Waals surface area contributed by atoms with Crippen molar-refractivity contribution in [3.63, 3.8) is 0 Å². The molecular weight excluding hydrogens is 551 g/mol. The predicted molar refractivity (Wildman–Crippen MR) is 143 cm³/mol. The number of allylic oxidation sites excluding steroid dienone is 1. The van der Waals surface area contributed by atoms with Crippen LogP contribution in [0.2, 0.25) is 0 Å². The molecule has 1 N–H and O–H groups in total. The van der Waals surface area contributed by atoms with E-state index >= 15 is 0 Å². The Labute approximate surface area is 227 Å². The van der Waals surface area contributed by atoms with Crippen LogP contribution in [0.4, 0.5) is 37.8 Å². The van der Waals surface area contributed by atoms with Crippen molar-refractivity contribution in [2.24, 2.45) is 16.8 Å². The highest BCUT2D eigenvalue weighted by Crippen LogP contribution is 2.48. The first-order valence-corrected chi connectivity index (χ1v) is 14.5. The number of anilines is 2. The van der Waals surface area contributed by atoms with Crippen molar-refractivity contribution < 1.29 is 26.3 Å². The summed E-state index contributed by atoms with van der Waals surface area (Å²) in [5, 5.41) is 3.53. The molecular formula is C28H24F6N5P. The molecule has 208 valence electrons. The second-order valence-corrected chi connectivity index (χ2v) is 12.6. The van der Waals surface area contributed by atoms with Crippen molar-refractivity contribution in [3.05, 3.63) is 76.8 Å². The monoisotopic (exact) mass is 575 g/mol. The van der Waals surface area contributed by atoms with Crippen LogP contribution in [0.15, 0.2) is 64.8 Å². The number of nitrogens with zero attached hydrogens (tertiary/aromatic N) is 4. The molecule has 1 aromatic carbocycles. The molecule has 0 saturated carbocycles. The van der Waals surface area contributed by atoms with Gasteiger partial charge >= 0.3 is 12.4 Å². The number of aliphatic imine (C=N–C) groups is 1. The highest BCUT2D eigenvalue weighted by atomic mass is 31.1. The number of nitrogens with one attached hydrogen (secondary N) is 1. The fourth-order valence-corrected chi connectivity index (χ4v) is 8.14. The van der Waals surface area contributed by atoms with Crippen LogP contribution in [0.1, 0.15) is 37.4 Å². The second kappa shape index (κ2) is 10.8. The van der Waals surface area contributed by atoms with Gasteiger partial charge in [-0.2, -0.15) is 26.3 Å². The zero-order valence-electron chi connectivity index (χ0n) is 21.5. The summed E-state index contributed by atoms with van der Waals surface area (Å²) in [6.45, 7) is 4.45. The lowest BCUT2D eigenvalue weighted by Crippen LogP contribution is -2.21. The maximum atomic E-state index is 13.6. The molecule has 0 amide bonds. The molecule has 0 bridgehead atoms. The third kappa shape index (κ3) is 6.28. The third-order valence-corrected chi connectivity index (χ3v) is 9.63. The maximum Gasteiger partial charge on any atom is 0.433 e. The molecule has 3 aromatic rings. The fourth-order valence-electron chi connectivity index (χ4n) is 5.13. The molecule has 0 radical (unpaired) electrons. The van der Waals surface area contributed by atoms with Gasteiger partial charge in [0.05, 0.1) is 29.3 Å². The smallest absolute Gasteiger partial charge is 0.338 e. The molecule has 2 atom stereocenters. The number of rotatable bonds is 5. The number of hydrogen-bond donors (Lipinski definition) is 1. The van der Waals surface area contributed by atoms with Crippen LogP contribution in [-0.4, -0.2) is 39.2 Å². The van der Waals surface area contributed by atoms with Gasteiger partial charge in [0.2, 0.25) is 0 Å². The first-order valence-electron chi connectivity index (χ1n) is 12.6. The van der Waals surface area contributed by atoms with Gasteiger partial charge in [0.15, 0.2) is 0 Å². The van der Waals surface area contributed by atoms with Crippen molar-refractivity contribution in [2.75, 3.05) is 17.6 Å². The van der Waals surface area contributed by atoms with Crippen LogP contribution in [0.25, 0.3) is 10.9 Å². The first-order chi connectivity index (χ1) is 18.9. The SMILES string of the molecule is CC1CC(C)CP(Cc2nc(Nc3ccc(C(F)(F)F)nc3)c3ccc(C4=NC=C=C=C4C(F)(F)F)cc3n2)C1. The molecule has 5 rings (SSSR count). The van der Waals surface area contributed by atoms with E-state index in [4.69, 9.17) is 9.97 Å². The molecule has 2 aliphatic rings. The van der Waals surface area contributed by atoms with Crippen molar-refractivity contribution in [1.82, 2.24) is 15.0 Å². The summed E-state index contributed by atoms with van der Waals surface area (Å²) in [7, 11) is -0.404. The van der Waals surface area contributed by atoms with Gasteiger partial charge in [0, 0.05) is 17.1 Å². The summed E-state index contributed by atoms with van der Waals surface area (Å²) < 4.78 is 79.9. The minimum absolute atomic E-state index is 0.197. The van der Waals surface area contributed by atoms with Gasteiger partial charge in [-0.15, -0.1) is 0 Å². The maximum absolute atomic E-state index is 13.6. The van der Waals surface area contributed by atoms with E-state index in [2.05, 4.69) is 40.6 Å². The van der Waals surface area contributed by atoms with Gasteiger partial charge in [-0.1, -0.05) is 33.6 Å². The quantitative estimate of drug-likeness (QED) is 0.190. The summed E-state index contributed by atoms with van der Waals surface area (Å²) in [6.07, 6.45) is -3.13. The van der Waals surface area contributed by atoms with Crippen molar-refractivity contribution in [1.29, 1.82) is 0 Å². The molecule has 0 spiro atoms. The minimum atomic E-state index is -4.68. The third-order valence-electron chi connectivity index (χ3n) is 6.62. The average Bonchev–Trinajstić information content (AvgIpc) is 2.87. The fraction of sp³-hybridized carbons (Fsp3) is 0.357. The Morgan fingerprint density at radius 1 is 0.975 bits per heavy atom. The molecule has 5 nitrogen and oxygen atoms in total. The van der Waals surface area contributed by atoms with E-state index < -0.39 is 31.5 Å². The molecule has 2 unspecified atom stereocenters.